The van der Waals surface area contributed by atoms with Crippen molar-refractivity contribution in [3.8, 4) is 0 Å². The highest BCUT2D eigenvalue weighted by atomic mass is 16.6. The number of rotatable bonds is 2. The Hall–Kier alpha value is -1.35. The number of ether oxygens (including phenoxy) is 2. The largest absolute Gasteiger partial charge is 0.456 e. The monoisotopic (exact) mass is 234 g/mol. The van der Waals surface area contributed by atoms with Gasteiger partial charge in [-0.3, -0.25) is 0 Å². The van der Waals surface area contributed by atoms with E-state index in [9.17, 15) is 4.79 Å². The Bertz CT molecular complexity index is 422. The van der Waals surface area contributed by atoms with E-state index in [2.05, 4.69) is 0 Å². The van der Waals surface area contributed by atoms with E-state index in [0.717, 1.165) is 12.2 Å². The summed E-state index contributed by atoms with van der Waals surface area (Å²) in [7, 11) is 0. The van der Waals surface area contributed by atoms with Gasteiger partial charge in [-0.05, 0) is 45.4 Å². The second-order valence-corrected chi connectivity index (χ2v) is 5.60. The second-order valence-electron chi connectivity index (χ2n) is 5.60. The highest BCUT2D eigenvalue weighted by Gasteiger charge is 2.41. The first-order chi connectivity index (χ1) is 7.80. The summed E-state index contributed by atoms with van der Waals surface area (Å²) in [4.78, 5) is 11.8. The topological polar surface area (TPSA) is 38.8 Å². The summed E-state index contributed by atoms with van der Waals surface area (Å²) in [5.41, 5.74) is 1.08. The average Bonchev–Trinajstić information content (AvgIpc) is 2.96. The molecule has 1 aliphatic rings. The Morgan fingerprint density at radius 1 is 1.29 bits per heavy atom. The van der Waals surface area contributed by atoms with Crippen LogP contribution in [0, 0.1) is 0 Å². The van der Waals surface area contributed by atoms with Gasteiger partial charge in [-0.25, -0.2) is 4.79 Å². The highest BCUT2D eigenvalue weighted by Crippen LogP contribution is 2.37. The molecule has 17 heavy (non-hydrogen) atoms. The van der Waals surface area contributed by atoms with Crippen molar-refractivity contribution >= 4 is 5.97 Å². The predicted octanol–water partition coefficient (Wildman–Crippen LogP) is 2.89. The van der Waals surface area contributed by atoms with Gasteiger partial charge in [0, 0.05) is 0 Å². The predicted molar refractivity (Wildman–Crippen MR) is 64.9 cm³/mol. The summed E-state index contributed by atoms with van der Waals surface area (Å²) in [6, 6.07) is 7.42. The van der Waals surface area contributed by atoms with Crippen molar-refractivity contribution in [3.63, 3.8) is 0 Å². The Balaban J connectivity index is 2.10. The van der Waals surface area contributed by atoms with Gasteiger partial charge >= 0.3 is 5.97 Å². The van der Waals surface area contributed by atoms with Crippen molar-refractivity contribution < 1.29 is 14.3 Å². The lowest BCUT2D eigenvalue weighted by Crippen LogP contribution is -2.23. The molecule has 0 amide bonds. The van der Waals surface area contributed by atoms with Crippen LogP contribution in [0.25, 0.3) is 0 Å². The van der Waals surface area contributed by atoms with Crippen molar-refractivity contribution in [2.75, 3.05) is 6.61 Å². The van der Waals surface area contributed by atoms with Gasteiger partial charge in [-0.1, -0.05) is 12.1 Å². The molecule has 0 N–H and O–H groups in total. The zero-order valence-corrected chi connectivity index (χ0v) is 10.7. The number of esters is 1. The van der Waals surface area contributed by atoms with Crippen LogP contribution < -0.4 is 0 Å². The third kappa shape index (κ3) is 2.86. The molecule has 1 fully saturated rings. The number of carbonyl (C=O) groups excluding carboxylic acids is 1. The Labute approximate surface area is 102 Å². The molecule has 0 radical (unpaired) electrons. The van der Waals surface area contributed by atoms with E-state index in [1.807, 2.05) is 39.8 Å². The molecular weight excluding hydrogens is 216 g/mol. The van der Waals surface area contributed by atoms with Crippen LogP contribution >= 0.6 is 0 Å². The Kier molecular flexibility index (Phi) is 2.74. The van der Waals surface area contributed by atoms with Gasteiger partial charge in [-0.15, -0.1) is 0 Å². The fraction of sp³-hybridized carbons (Fsp3) is 0.500. The van der Waals surface area contributed by atoms with E-state index in [0.29, 0.717) is 5.56 Å². The van der Waals surface area contributed by atoms with Crippen LogP contribution in [-0.2, 0) is 15.1 Å². The van der Waals surface area contributed by atoms with Crippen LogP contribution in [0.4, 0.5) is 0 Å². The number of epoxide rings is 1. The summed E-state index contributed by atoms with van der Waals surface area (Å²) in [5, 5.41) is 0. The molecule has 1 atom stereocenters. The van der Waals surface area contributed by atoms with E-state index in [4.69, 9.17) is 9.47 Å². The van der Waals surface area contributed by atoms with Crippen LogP contribution in [0.3, 0.4) is 0 Å². The van der Waals surface area contributed by atoms with Crippen LogP contribution in [0.15, 0.2) is 24.3 Å². The first-order valence-electron chi connectivity index (χ1n) is 5.78. The maximum atomic E-state index is 11.8. The highest BCUT2D eigenvalue weighted by molar-refractivity contribution is 5.89. The number of benzene rings is 1. The summed E-state index contributed by atoms with van der Waals surface area (Å²) in [5.74, 6) is -0.286. The van der Waals surface area contributed by atoms with Crippen molar-refractivity contribution in [2.45, 2.75) is 38.9 Å². The zero-order chi connectivity index (χ0) is 12.7. The third-order valence-electron chi connectivity index (χ3n) is 2.71. The minimum absolute atomic E-state index is 0.146. The maximum absolute atomic E-state index is 11.8. The average molecular weight is 234 g/mol. The van der Waals surface area contributed by atoms with Crippen molar-refractivity contribution in [3.05, 3.63) is 35.4 Å². The number of hydrogen-bond donors (Lipinski definition) is 0. The van der Waals surface area contributed by atoms with Gasteiger partial charge in [0.1, 0.15) is 11.2 Å². The fourth-order valence-corrected chi connectivity index (χ4v) is 1.57. The molecule has 92 valence electrons. The lowest BCUT2D eigenvalue weighted by atomic mass is 10.0. The van der Waals surface area contributed by atoms with Crippen molar-refractivity contribution in [1.29, 1.82) is 0 Å². The Morgan fingerprint density at radius 3 is 2.24 bits per heavy atom. The first kappa shape index (κ1) is 12.1. The normalized spacial score (nSPS) is 23.3. The van der Waals surface area contributed by atoms with Crippen LogP contribution in [0.1, 0.15) is 43.6 Å². The molecule has 1 saturated heterocycles. The molecule has 1 heterocycles. The molecular formula is C14H18O3. The lowest BCUT2D eigenvalue weighted by molar-refractivity contribution is 0.00695. The zero-order valence-electron chi connectivity index (χ0n) is 10.7. The molecule has 2 rings (SSSR count). The SMILES string of the molecule is CC(C)(C)OC(=O)c1ccc([C@@]2(C)CO2)cc1. The van der Waals surface area contributed by atoms with E-state index in [1.165, 1.54) is 0 Å². The molecule has 1 aromatic rings. The molecule has 1 aliphatic heterocycles. The molecule has 1 aromatic carbocycles. The minimum atomic E-state index is -0.457. The number of hydrogen-bond acceptors (Lipinski definition) is 3. The Morgan fingerprint density at radius 2 is 1.82 bits per heavy atom. The van der Waals surface area contributed by atoms with E-state index >= 15 is 0 Å². The molecule has 3 nitrogen and oxygen atoms in total. The van der Waals surface area contributed by atoms with Gasteiger partial charge in [0.05, 0.1) is 12.2 Å². The lowest BCUT2D eigenvalue weighted by Gasteiger charge is -2.19. The summed E-state index contributed by atoms with van der Waals surface area (Å²) in [6.45, 7) is 8.36. The van der Waals surface area contributed by atoms with E-state index < -0.39 is 5.60 Å². The third-order valence-corrected chi connectivity index (χ3v) is 2.71. The summed E-state index contributed by atoms with van der Waals surface area (Å²) >= 11 is 0. The fourth-order valence-electron chi connectivity index (χ4n) is 1.57. The first-order valence-corrected chi connectivity index (χ1v) is 5.78. The van der Waals surface area contributed by atoms with Crippen molar-refractivity contribution in [1.82, 2.24) is 0 Å². The molecule has 0 unspecified atom stereocenters. The van der Waals surface area contributed by atoms with E-state index in [1.54, 1.807) is 12.1 Å². The van der Waals surface area contributed by atoms with E-state index in [-0.39, 0.29) is 11.6 Å². The van der Waals surface area contributed by atoms with Gasteiger partial charge in [0.15, 0.2) is 0 Å². The maximum Gasteiger partial charge on any atom is 0.338 e. The molecule has 0 saturated carbocycles. The summed E-state index contributed by atoms with van der Waals surface area (Å²) < 4.78 is 10.6. The molecule has 3 heteroatoms. The second kappa shape index (κ2) is 3.84. The van der Waals surface area contributed by atoms with Crippen LogP contribution in [-0.4, -0.2) is 18.2 Å². The molecule has 0 bridgehead atoms. The standard InChI is InChI=1S/C14H18O3/c1-13(2,3)17-12(15)10-5-7-11(8-6-10)14(4)9-16-14/h5-8H,9H2,1-4H3/t14-/m1/s1. The number of carbonyl (C=O) groups is 1. The van der Waals surface area contributed by atoms with Gasteiger partial charge < -0.3 is 9.47 Å². The van der Waals surface area contributed by atoms with Gasteiger partial charge in [-0.2, -0.15) is 0 Å². The molecule has 0 aromatic heterocycles. The van der Waals surface area contributed by atoms with Crippen LogP contribution in [0.2, 0.25) is 0 Å². The quantitative estimate of drug-likeness (QED) is 0.583. The molecule has 0 aliphatic carbocycles. The minimum Gasteiger partial charge on any atom is -0.456 e. The van der Waals surface area contributed by atoms with Gasteiger partial charge in [0.25, 0.3) is 0 Å². The summed E-state index contributed by atoms with van der Waals surface area (Å²) in [6.07, 6.45) is 0. The van der Waals surface area contributed by atoms with Crippen LogP contribution in [0.5, 0.6) is 0 Å². The van der Waals surface area contributed by atoms with Crippen molar-refractivity contribution in [2.24, 2.45) is 0 Å². The smallest absolute Gasteiger partial charge is 0.338 e. The van der Waals surface area contributed by atoms with Gasteiger partial charge in [0.2, 0.25) is 0 Å². The molecule has 0 spiro atoms.